The van der Waals surface area contributed by atoms with Gasteiger partial charge in [0.25, 0.3) is 5.91 Å². The predicted molar refractivity (Wildman–Crippen MR) is 123 cm³/mol. The van der Waals surface area contributed by atoms with Crippen LogP contribution in [-0.4, -0.2) is 73.0 Å². The number of anilines is 1. The van der Waals surface area contributed by atoms with Crippen LogP contribution in [-0.2, 0) is 0 Å². The molecule has 1 aromatic carbocycles. The highest BCUT2D eigenvalue weighted by Gasteiger charge is 2.19. The first kappa shape index (κ1) is 22.1. The van der Waals surface area contributed by atoms with E-state index >= 15 is 0 Å². The Labute approximate surface area is 187 Å². The van der Waals surface area contributed by atoms with Gasteiger partial charge in [-0.15, -0.1) is 0 Å². The highest BCUT2D eigenvalue weighted by Crippen LogP contribution is 2.28. The first-order chi connectivity index (χ1) is 15.7. The van der Waals surface area contributed by atoms with E-state index in [2.05, 4.69) is 20.2 Å². The molecule has 1 N–H and O–H groups in total. The quantitative estimate of drug-likeness (QED) is 0.492. The Morgan fingerprint density at radius 2 is 1.88 bits per heavy atom. The number of halogens is 1. The molecule has 4 rings (SSSR count). The summed E-state index contributed by atoms with van der Waals surface area (Å²) in [6.45, 7) is 5.05. The lowest BCUT2D eigenvalue weighted by atomic mass is 10.2. The van der Waals surface area contributed by atoms with Gasteiger partial charge >= 0.3 is 0 Å². The second kappa shape index (κ2) is 10.9. The molecule has 0 aliphatic carbocycles. The van der Waals surface area contributed by atoms with Gasteiger partial charge in [0.1, 0.15) is 19.0 Å². The van der Waals surface area contributed by atoms with Crippen LogP contribution >= 0.6 is 0 Å². The number of nitrogens with zero attached hydrogens (tertiary/aromatic N) is 4. The first-order valence-corrected chi connectivity index (χ1v) is 11.2. The molecule has 1 aliphatic rings. The molecule has 3 heterocycles. The van der Waals surface area contributed by atoms with Gasteiger partial charge in [-0.3, -0.25) is 9.69 Å². The van der Waals surface area contributed by atoms with Crippen molar-refractivity contribution in [3.05, 3.63) is 60.4 Å². The Bertz CT molecular complexity index is 983. The molecule has 0 unspecified atom stereocenters. The zero-order valence-corrected chi connectivity index (χ0v) is 18.3. The average Bonchev–Trinajstić information content (AvgIpc) is 3.28. The summed E-state index contributed by atoms with van der Waals surface area (Å²) in [4.78, 5) is 17.1. The monoisotopic (exact) mass is 439 g/mol. The smallest absolute Gasteiger partial charge is 0.271 e. The number of amides is 1. The number of rotatable bonds is 10. The fourth-order valence-electron chi connectivity index (χ4n) is 4.00. The number of unbranched alkanes of at least 4 members (excludes halogenated alkanes) is 1. The number of fused-ring (bicyclic) bond motifs is 1. The van der Waals surface area contributed by atoms with Gasteiger partial charge in [0.15, 0.2) is 5.69 Å². The summed E-state index contributed by atoms with van der Waals surface area (Å²) in [5.74, 6) is 0.621. The summed E-state index contributed by atoms with van der Waals surface area (Å²) in [6.07, 6.45) is 3.79. The van der Waals surface area contributed by atoms with Crippen molar-refractivity contribution in [3.8, 4) is 5.75 Å². The highest BCUT2D eigenvalue weighted by molar-refractivity contribution is 5.93. The van der Waals surface area contributed by atoms with Crippen LogP contribution in [0.15, 0.2) is 54.7 Å². The van der Waals surface area contributed by atoms with Crippen LogP contribution in [0.3, 0.4) is 0 Å². The number of nitrogens with one attached hydrogen (secondary N) is 1. The maximum Gasteiger partial charge on any atom is 0.271 e. The lowest BCUT2D eigenvalue weighted by Crippen LogP contribution is -2.46. The van der Waals surface area contributed by atoms with Gasteiger partial charge in [-0.2, -0.15) is 5.10 Å². The minimum absolute atomic E-state index is 0.0880. The van der Waals surface area contributed by atoms with E-state index in [-0.39, 0.29) is 12.5 Å². The third-order valence-corrected chi connectivity index (χ3v) is 5.70. The molecule has 1 aliphatic heterocycles. The number of ether oxygens (including phenoxy) is 1. The molecule has 1 saturated heterocycles. The second-order valence-electron chi connectivity index (χ2n) is 7.90. The third-order valence-electron chi connectivity index (χ3n) is 5.70. The number of piperazine rings is 1. The second-order valence-corrected chi connectivity index (χ2v) is 7.90. The van der Waals surface area contributed by atoms with Crippen molar-refractivity contribution in [2.24, 2.45) is 0 Å². The van der Waals surface area contributed by atoms with Gasteiger partial charge < -0.3 is 15.0 Å². The van der Waals surface area contributed by atoms with Gasteiger partial charge in [0, 0.05) is 38.9 Å². The van der Waals surface area contributed by atoms with E-state index in [9.17, 15) is 9.18 Å². The fraction of sp³-hybridized carbons (Fsp3) is 0.417. The molecule has 1 fully saturated rings. The van der Waals surface area contributed by atoms with Crippen molar-refractivity contribution in [1.29, 1.82) is 0 Å². The van der Waals surface area contributed by atoms with Gasteiger partial charge in [-0.25, -0.2) is 8.91 Å². The zero-order valence-electron chi connectivity index (χ0n) is 18.3. The largest absolute Gasteiger partial charge is 0.489 e. The van der Waals surface area contributed by atoms with Crippen molar-refractivity contribution >= 4 is 17.1 Å². The van der Waals surface area contributed by atoms with Crippen molar-refractivity contribution in [1.82, 2.24) is 19.8 Å². The number of carbonyl (C=O) groups is 1. The Morgan fingerprint density at radius 1 is 1.06 bits per heavy atom. The molecule has 7 nitrogen and oxygen atoms in total. The molecule has 0 atom stereocenters. The summed E-state index contributed by atoms with van der Waals surface area (Å²) >= 11 is 0. The number of hydrogen-bond acceptors (Lipinski definition) is 5. The lowest BCUT2D eigenvalue weighted by molar-refractivity contribution is 0.0947. The molecule has 0 saturated carbocycles. The first-order valence-electron chi connectivity index (χ1n) is 11.2. The summed E-state index contributed by atoms with van der Waals surface area (Å²) in [5, 5.41) is 7.27. The third kappa shape index (κ3) is 5.56. The minimum atomic E-state index is -0.485. The van der Waals surface area contributed by atoms with Crippen molar-refractivity contribution in [2.45, 2.75) is 12.8 Å². The number of benzene rings is 1. The van der Waals surface area contributed by atoms with E-state index in [1.54, 1.807) is 10.6 Å². The maximum absolute atomic E-state index is 12.5. The van der Waals surface area contributed by atoms with Crippen molar-refractivity contribution in [2.75, 3.05) is 57.4 Å². The molecular formula is C24H30FN5O2. The Balaban J connectivity index is 1.15. The molecule has 8 heteroatoms. The summed E-state index contributed by atoms with van der Waals surface area (Å²) in [6, 6.07) is 15.4. The molecule has 2 aromatic heterocycles. The number of alkyl halides is 1. The van der Waals surface area contributed by atoms with Gasteiger partial charge in [-0.05, 0) is 49.7 Å². The van der Waals surface area contributed by atoms with Gasteiger partial charge in [-0.1, -0.05) is 18.2 Å². The number of aromatic nitrogens is 2. The maximum atomic E-state index is 12.5. The van der Waals surface area contributed by atoms with E-state index in [0.717, 1.165) is 62.5 Å². The van der Waals surface area contributed by atoms with Crippen molar-refractivity contribution < 1.29 is 13.9 Å². The molecule has 1 amide bonds. The number of hydrogen-bond donors (Lipinski definition) is 1. The SMILES string of the molecule is O=C(NCCCCN1CCN(c2ccccc2OCCF)CC1)c1cc2ccccn2n1. The molecule has 32 heavy (non-hydrogen) atoms. The van der Waals surface area contributed by atoms with Crippen LogP contribution in [0.4, 0.5) is 10.1 Å². The van der Waals surface area contributed by atoms with E-state index < -0.39 is 6.67 Å². The predicted octanol–water partition coefficient (Wildman–Crippen LogP) is 3.01. The van der Waals surface area contributed by atoms with Crippen LogP contribution in [0.1, 0.15) is 23.3 Å². The molecule has 0 bridgehead atoms. The Hall–Kier alpha value is -3.13. The van der Waals surface area contributed by atoms with E-state index in [0.29, 0.717) is 12.2 Å². The van der Waals surface area contributed by atoms with E-state index in [1.807, 2.05) is 48.7 Å². The van der Waals surface area contributed by atoms with E-state index in [4.69, 9.17) is 4.74 Å². The molecular weight excluding hydrogens is 409 g/mol. The Morgan fingerprint density at radius 3 is 2.69 bits per heavy atom. The van der Waals surface area contributed by atoms with Gasteiger partial charge in [0.05, 0.1) is 11.2 Å². The minimum Gasteiger partial charge on any atom is -0.489 e. The molecule has 0 radical (unpaired) electrons. The summed E-state index contributed by atoms with van der Waals surface area (Å²) in [7, 11) is 0. The molecule has 170 valence electrons. The number of pyridine rings is 1. The van der Waals surface area contributed by atoms with Crippen LogP contribution in [0, 0.1) is 0 Å². The molecule has 0 spiro atoms. The van der Waals surface area contributed by atoms with Crippen LogP contribution in [0.2, 0.25) is 0 Å². The average molecular weight is 440 g/mol. The van der Waals surface area contributed by atoms with E-state index in [1.165, 1.54) is 0 Å². The van der Waals surface area contributed by atoms with Gasteiger partial charge in [0.2, 0.25) is 0 Å². The van der Waals surface area contributed by atoms with Crippen LogP contribution < -0.4 is 15.0 Å². The fourth-order valence-corrected chi connectivity index (χ4v) is 4.00. The van der Waals surface area contributed by atoms with Crippen LogP contribution in [0.5, 0.6) is 5.75 Å². The Kier molecular flexibility index (Phi) is 7.55. The standard InChI is InChI=1S/C24H30FN5O2/c25-10-18-32-23-9-2-1-8-22(23)29-16-14-28(15-17-29)12-6-4-11-26-24(31)21-19-20-7-3-5-13-30(20)27-21/h1-3,5,7-9,13,19H,4,6,10-12,14-18H2,(H,26,31). The molecule has 3 aromatic rings. The topological polar surface area (TPSA) is 62.1 Å². The number of carbonyl (C=O) groups excluding carboxylic acids is 1. The zero-order chi connectivity index (χ0) is 22.2. The van der Waals surface area contributed by atoms with Crippen LogP contribution in [0.25, 0.3) is 5.52 Å². The number of para-hydroxylation sites is 2. The summed E-state index contributed by atoms with van der Waals surface area (Å²) < 4.78 is 19.7. The van der Waals surface area contributed by atoms with Crippen molar-refractivity contribution in [3.63, 3.8) is 0 Å². The lowest BCUT2D eigenvalue weighted by Gasteiger charge is -2.36. The normalized spacial score (nSPS) is 14.6. The summed E-state index contributed by atoms with van der Waals surface area (Å²) in [5.41, 5.74) is 2.40. The highest BCUT2D eigenvalue weighted by atomic mass is 19.1.